The highest BCUT2D eigenvalue weighted by Crippen LogP contribution is 2.29. The first-order chi connectivity index (χ1) is 14.6. The Morgan fingerprint density at radius 2 is 1.67 bits per heavy atom. The molecule has 2 atom stereocenters. The van der Waals surface area contributed by atoms with Crippen LogP contribution in [-0.4, -0.2) is 40.2 Å². The summed E-state index contributed by atoms with van der Waals surface area (Å²) in [5.74, 6) is 0.805. The van der Waals surface area contributed by atoms with Crippen molar-refractivity contribution in [1.29, 1.82) is 0 Å². The third-order valence-corrected chi connectivity index (χ3v) is 5.32. The Balaban J connectivity index is 1.51. The third kappa shape index (κ3) is 5.65. The SMILES string of the molecule is C=COCCCC(O)C(O)CCCOc1ccc2cc(-c3ccccc3)n(C)c2c1. The van der Waals surface area contributed by atoms with Crippen LogP contribution in [0.3, 0.4) is 0 Å². The number of hydrogen-bond acceptors (Lipinski definition) is 4. The minimum Gasteiger partial charge on any atom is -0.502 e. The Kier molecular flexibility index (Phi) is 7.94. The van der Waals surface area contributed by atoms with E-state index in [9.17, 15) is 10.2 Å². The van der Waals surface area contributed by atoms with Crippen LogP contribution < -0.4 is 4.74 Å². The second kappa shape index (κ2) is 10.9. The Labute approximate surface area is 178 Å². The van der Waals surface area contributed by atoms with E-state index in [0.29, 0.717) is 38.9 Å². The number of nitrogens with zero attached hydrogens (tertiary/aromatic N) is 1. The number of aliphatic hydroxyl groups is 2. The van der Waals surface area contributed by atoms with Crippen molar-refractivity contribution in [2.45, 2.75) is 37.9 Å². The van der Waals surface area contributed by atoms with Crippen LogP contribution in [0.25, 0.3) is 22.2 Å². The van der Waals surface area contributed by atoms with Gasteiger partial charge in [-0.05, 0) is 49.4 Å². The van der Waals surface area contributed by atoms with Crippen LogP contribution in [0.2, 0.25) is 0 Å². The molecule has 0 bridgehead atoms. The fourth-order valence-corrected chi connectivity index (χ4v) is 3.61. The van der Waals surface area contributed by atoms with E-state index >= 15 is 0 Å². The summed E-state index contributed by atoms with van der Waals surface area (Å²) < 4.78 is 13.1. The van der Waals surface area contributed by atoms with Gasteiger partial charge in [0.1, 0.15) is 5.75 Å². The molecule has 0 aliphatic carbocycles. The van der Waals surface area contributed by atoms with E-state index in [1.165, 1.54) is 22.9 Å². The Morgan fingerprint density at radius 1 is 0.967 bits per heavy atom. The van der Waals surface area contributed by atoms with E-state index < -0.39 is 12.2 Å². The van der Waals surface area contributed by atoms with Crippen molar-refractivity contribution in [2.75, 3.05) is 13.2 Å². The molecule has 2 aromatic carbocycles. The van der Waals surface area contributed by atoms with Gasteiger partial charge in [0.25, 0.3) is 0 Å². The molecular formula is C25H31NO4. The molecule has 0 spiro atoms. The van der Waals surface area contributed by atoms with Crippen LogP contribution >= 0.6 is 0 Å². The number of rotatable bonds is 12. The van der Waals surface area contributed by atoms with Crippen molar-refractivity contribution >= 4 is 10.9 Å². The molecule has 2 unspecified atom stereocenters. The van der Waals surface area contributed by atoms with Gasteiger partial charge in [-0.15, -0.1) is 0 Å². The molecule has 5 heteroatoms. The zero-order chi connectivity index (χ0) is 21.3. The minimum atomic E-state index is -0.749. The van der Waals surface area contributed by atoms with Crippen LogP contribution in [0.5, 0.6) is 5.75 Å². The predicted molar refractivity (Wildman–Crippen MR) is 120 cm³/mol. The number of fused-ring (bicyclic) bond motifs is 1. The first-order valence-corrected chi connectivity index (χ1v) is 10.5. The third-order valence-electron chi connectivity index (χ3n) is 5.32. The fourth-order valence-electron chi connectivity index (χ4n) is 3.61. The standard InChI is InChI=1S/C25H31NO4/c1-3-29-15-7-11-24(27)25(28)12-8-16-30-21-14-13-20-17-22(26(2)23(20)18-21)19-9-5-4-6-10-19/h3-6,9-10,13-14,17-18,24-25,27-28H,1,7-8,11-12,15-16H2,2H3. The smallest absolute Gasteiger partial charge is 0.121 e. The molecule has 0 aliphatic rings. The molecule has 0 saturated carbocycles. The molecule has 0 aliphatic heterocycles. The van der Waals surface area contributed by atoms with E-state index in [4.69, 9.17) is 9.47 Å². The minimum absolute atomic E-state index is 0.491. The van der Waals surface area contributed by atoms with E-state index in [0.717, 1.165) is 11.3 Å². The van der Waals surface area contributed by atoms with Crippen molar-refractivity contribution in [3.63, 3.8) is 0 Å². The highest BCUT2D eigenvalue weighted by molar-refractivity contribution is 5.88. The second-order valence-corrected chi connectivity index (χ2v) is 7.48. The number of aryl methyl sites for hydroxylation is 1. The number of benzene rings is 2. The number of aliphatic hydroxyl groups excluding tert-OH is 2. The maximum absolute atomic E-state index is 10.1. The fraction of sp³-hybridized carbons (Fsp3) is 0.360. The average molecular weight is 410 g/mol. The molecule has 3 aromatic rings. The lowest BCUT2D eigenvalue weighted by molar-refractivity contribution is 0.00354. The lowest BCUT2D eigenvalue weighted by atomic mass is 10.0. The molecule has 1 aromatic heterocycles. The quantitative estimate of drug-likeness (QED) is 0.337. The lowest BCUT2D eigenvalue weighted by Gasteiger charge is -2.17. The molecule has 0 amide bonds. The maximum Gasteiger partial charge on any atom is 0.121 e. The van der Waals surface area contributed by atoms with Crippen molar-refractivity contribution in [1.82, 2.24) is 4.57 Å². The van der Waals surface area contributed by atoms with Crippen molar-refractivity contribution in [2.24, 2.45) is 7.05 Å². The maximum atomic E-state index is 10.1. The van der Waals surface area contributed by atoms with Crippen molar-refractivity contribution in [3.8, 4) is 17.0 Å². The van der Waals surface area contributed by atoms with Gasteiger partial charge in [0.05, 0.1) is 37.2 Å². The average Bonchev–Trinajstić information content (AvgIpc) is 3.10. The Bertz CT molecular complexity index is 935. The zero-order valence-corrected chi connectivity index (χ0v) is 17.5. The van der Waals surface area contributed by atoms with E-state index in [-0.39, 0.29) is 0 Å². The van der Waals surface area contributed by atoms with E-state index in [1.54, 1.807) is 0 Å². The van der Waals surface area contributed by atoms with E-state index in [2.05, 4.69) is 42.5 Å². The van der Waals surface area contributed by atoms with Gasteiger partial charge in [0, 0.05) is 24.2 Å². The monoisotopic (exact) mass is 409 g/mol. The topological polar surface area (TPSA) is 63.9 Å². The molecule has 3 rings (SSSR count). The van der Waals surface area contributed by atoms with Crippen LogP contribution in [0.15, 0.2) is 67.4 Å². The predicted octanol–water partition coefficient (Wildman–Crippen LogP) is 4.67. The van der Waals surface area contributed by atoms with E-state index in [1.807, 2.05) is 30.3 Å². The van der Waals surface area contributed by atoms with Gasteiger partial charge in [-0.2, -0.15) is 0 Å². The van der Waals surface area contributed by atoms with Gasteiger partial charge in [-0.3, -0.25) is 0 Å². The molecule has 160 valence electrons. The van der Waals surface area contributed by atoms with Crippen LogP contribution in [0, 0.1) is 0 Å². The summed E-state index contributed by atoms with van der Waals surface area (Å²) in [6.07, 6.45) is 2.24. The number of ether oxygens (including phenoxy) is 2. The second-order valence-electron chi connectivity index (χ2n) is 7.48. The molecular weight excluding hydrogens is 378 g/mol. The largest absolute Gasteiger partial charge is 0.502 e. The van der Waals surface area contributed by atoms with Gasteiger partial charge in [0.15, 0.2) is 0 Å². The normalized spacial score (nSPS) is 13.2. The first-order valence-electron chi connectivity index (χ1n) is 10.5. The van der Waals surface area contributed by atoms with Crippen LogP contribution in [-0.2, 0) is 11.8 Å². The van der Waals surface area contributed by atoms with Crippen LogP contribution in [0.1, 0.15) is 25.7 Å². The van der Waals surface area contributed by atoms with Gasteiger partial charge >= 0.3 is 0 Å². The molecule has 0 fully saturated rings. The first kappa shape index (κ1) is 21.9. The van der Waals surface area contributed by atoms with Gasteiger partial charge in [-0.25, -0.2) is 0 Å². The van der Waals surface area contributed by atoms with Crippen molar-refractivity contribution in [3.05, 3.63) is 67.4 Å². The molecule has 0 radical (unpaired) electrons. The summed E-state index contributed by atoms with van der Waals surface area (Å²) in [7, 11) is 2.06. The summed E-state index contributed by atoms with van der Waals surface area (Å²) in [6, 6.07) is 18.6. The zero-order valence-electron chi connectivity index (χ0n) is 17.5. The molecule has 0 saturated heterocycles. The summed E-state index contributed by atoms with van der Waals surface area (Å²) in [6.45, 7) is 4.47. The van der Waals surface area contributed by atoms with Gasteiger partial charge in [-0.1, -0.05) is 36.9 Å². The number of hydrogen-bond donors (Lipinski definition) is 2. The molecule has 1 heterocycles. The Morgan fingerprint density at radius 3 is 2.37 bits per heavy atom. The summed E-state index contributed by atoms with van der Waals surface area (Å²) in [5.41, 5.74) is 3.46. The highest BCUT2D eigenvalue weighted by Gasteiger charge is 2.15. The molecule has 30 heavy (non-hydrogen) atoms. The van der Waals surface area contributed by atoms with Gasteiger partial charge in [0.2, 0.25) is 0 Å². The summed E-state index contributed by atoms with van der Waals surface area (Å²) in [4.78, 5) is 0. The van der Waals surface area contributed by atoms with Crippen molar-refractivity contribution < 1.29 is 19.7 Å². The lowest BCUT2D eigenvalue weighted by Crippen LogP contribution is -2.26. The molecule has 5 nitrogen and oxygen atoms in total. The highest BCUT2D eigenvalue weighted by atomic mass is 16.5. The van der Waals surface area contributed by atoms with Gasteiger partial charge < -0.3 is 24.3 Å². The number of aromatic nitrogens is 1. The summed E-state index contributed by atoms with van der Waals surface area (Å²) >= 11 is 0. The summed E-state index contributed by atoms with van der Waals surface area (Å²) in [5, 5.41) is 21.3. The van der Waals surface area contributed by atoms with Crippen LogP contribution in [0.4, 0.5) is 0 Å². The Hall–Kier alpha value is -2.76. The molecule has 2 N–H and O–H groups in total.